The molecule has 0 spiro atoms. The molecular weight excluding hydrogens is 269 g/mol. The Balaban J connectivity index is 2.68. The molecule has 2 rings (SSSR count). The van der Waals surface area contributed by atoms with Gasteiger partial charge in [0.25, 0.3) is 0 Å². The molecular formula is C8H5BrFN3S. The molecule has 2 aromatic rings. The Morgan fingerprint density at radius 2 is 2.29 bits per heavy atom. The van der Waals surface area contributed by atoms with Crippen molar-refractivity contribution in [2.45, 2.75) is 0 Å². The van der Waals surface area contributed by atoms with E-state index in [0.717, 1.165) is 4.47 Å². The molecule has 0 amide bonds. The molecule has 0 aliphatic carbocycles. The zero-order valence-corrected chi connectivity index (χ0v) is 9.27. The molecule has 0 aliphatic rings. The van der Waals surface area contributed by atoms with Gasteiger partial charge in [-0.05, 0) is 46.3 Å². The van der Waals surface area contributed by atoms with Gasteiger partial charge >= 0.3 is 0 Å². The van der Waals surface area contributed by atoms with Crippen LogP contribution in [0.4, 0.5) is 4.39 Å². The second kappa shape index (κ2) is 3.62. The lowest BCUT2D eigenvalue weighted by Gasteiger charge is -2.03. The van der Waals surface area contributed by atoms with Crippen LogP contribution in [0.3, 0.4) is 0 Å². The number of halogens is 2. The summed E-state index contributed by atoms with van der Waals surface area (Å²) in [5, 5.41) is 6.36. The maximum Gasteiger partial charge on any atom is 0.199 e. The van der Waals surface area contributed by atoms with E-state index in [0.29, 0.717) is 10.5 Å². The molecule has 1 aromatic heterocycles. The number of aromatic nitrogens is 3. The summed E-state index contributed by atoms with van der Waals surface area (Å²) in [5.41, 5.74) is 0.628. The summed E-state index contributed by atoms with van der Waals surface area (Å²) in [6.45, 7) is 0. The van der Waals surface area contributed by atoms with Gasteiger partial charge in [0.05, 0.1) is 5.69 Å². The molecule has 0 saturated heterocycles. The van der Waals surface area contributed by atoms with Crippen LogP contribution in [0.2, 0.25) is 0 Å². The number of nitrogens with zero attached hydrogens (tertiary/aromatic N) is 2. The summed E-state index contributed by atoms with van der Waals surface area (Å²) in [6.07, 6.45) is 1.50. The van der Waals surface area contributed by atoms with Crippen molar-refractivity contribution in [1.29, 1.82) is 0 Å². The van der Waals surface area contributed by atoms with Crippen LogP contribution < -0.4 is 0 Å². The normalized spacial score (nSPS) is 10.4. The number of aromatic amines is 1. The summed E-state index contributed by atoms with van der Waals surface area (Å²) in [4.78, 5) is 0. The Labute approximate surface area is 92.7 Å². The highest BCUT2D eigenvalue weighted by atomic mass is 79.9. The van der Waals surface area contributed by atoms with E-state index in [1.807, 2.05) is 0 Å². The first-order valence-corrected chi connectivity index (χ1v) is 4.96. The van der Waals surface area contributed by atoms with Crippen molar-refractivity contribution in [2.75, 3.05) is 0 Å². The first-order chi connectivity index (χ1) is 6.68. The van der Waals surface area contributed by atoms with Gasteiger partial charge in [0.15, 0.2) is 4.77 Å². The van der Waals surface area contributed by atoms with Crippen molar-refractivity contribution in [3.8, 4) is 5.69 Å². The number of H-pyrrole nitrogens is 1. The van der Waals surface area contributed by atoms with E-state index in [1.54, 1.807) is 10.6 Å². The van der Waals surface area contributed by atoms with Crippen molar-refractivity contribution in [1.82, 2.24) is 14.8 Å². The van der Waals surface area contributed by atoms with Crippen LogP contribution in [0.25, 0.3) is 5.69 Å². The molecule has 1 heterocycles. The average molecular weight is 274 g/mol. The number of benzene rings is 1. The second-order valence-corrected chi connectivity index (χ2v) is 3.87. The van der Waals surface area contributed by atoms with Crippen molar-refractivity contribution < 1.29 is 4.39 Å². The predicted molar refractivity (Wildman–Crippen MR) is 56.4 cm³/mol. The van der Waals surface area contributed by atoms with Crippen LogP contribution in [0, 0.1) is 10.6 Å². The third-order valence-electron chi connectivity index (χ3n) is 1.72. The van der Waals surface area contributed by atoms with E-state index in [9.17, 15) is 4.39 Å². The first kappa shape index (κ1) is 9.54. The quantitative estimate of drug-likeness (QED) is 0.811. The van der Waals surface area contributed by atoms with Gasteiger partial charge in [-0.2, -0.15) is 5.10 Å². The number of hydrogen-bond donors (Lipinski definition) is 1. The highest BCUT2D eigenvalue weighted by Crippen LogP contribution is 2.21. The standard InChI is InChI=1S/C8H5BrFN3S/c9-6-2-1-5(10)3-7(6)13-4-11-12-8(13)14/h1-4H,(H,12,14). The zero-order valence-electron chi connectivity index (χ0n) is 6.87. The van der Waals surface area contributed by atoms with Crippen LogP contribution in [-0.2, 0) is 0 Å². The van der Waals surface area contributed by atoms with Crippen LogP contribution in [-0.4, -0.2) is 14.8 Å². The molecule has 14 heavy (non-hydrogen) atoms. The van der Waals surface area contributed by atoms with Gasteiger partial charge in [-0.25, -0.2) is 4.39 Å². The topological polar surface area (TPSA) is 33.6 Å². The van der Waals surface area contributed by atoms with E-state index in [4.69, 9.17) is 12.2 Å². The Hall–Kier alpha value is -1.01. The van der Waals surface area contributed by atoms with Crippen molar-refractivity contribution in [3.05, 3.63) is 39.6 Å². The fraction of sp³-hybridized carbons (Fsp3) is 0. The SMILES string of the molecule is Fc1ccc(Br)c(-n2cn[nH]c2=S)c1. The minimum absolute atomic E-state index is 0.314. The summed E-state index contributed by atoms with van der Waals surface area (Å²) in [7, 11) is 0. The van der Waals surface area contributed by atoms with Gasteiger partial charge in [0.1, 0.15) is 12.1 Å². The molecule has 0 bridgehead atoms. The molecule has 0 fully saturated rings. The third-order valence-corrected chi connectivity index (χ3v) is 2.68. The first-order valence-electron chi connectivity index (χ1n) is 3.76. The Bertz CT molecular complexity index is 519. The smallest absolute Gasteiger partial charge is 0.199 e. The fourth-order valence-electron chi connectivity index (χ4n) is 1.09. The summed E-state index contributed by atoms with van der Waals surface area (Å²) in [5.74, 6) is -0.314. The number of nitrogens with one attached hydrogen (secondary N) is 1. The molecule has 0 aliphatic heterocycles. The molecule has 0 unspecified atom stereocenters. The van der Waals surface area contributed by atoms with Gasteiger partial charge in [0, 0.05) is 4.47 Å². The van der Waals surface area contributed by atoms with Crippen LogP contribution >= 0.6 is 28.1 Å². The molecule has 3 nitrogen and oxygen atoms in total. The van der Waals surface area contributed by atoms with Crippen molar-refractivity contribution >= 4 is 28.1 Å². The van der Waals surface area contributed by atoms with E-state index < -0.39 is 0 Å². The minimum Gasteiger partial charge on any atom is -0.273 e. The van der Waals surface area contributed by atoms with Crippen LogP contribution in [0.1, 0.15) is 0 Å². The van der Waals surface area contributed by atoms with Crippen molar-refractivity contribution in [3.63, 3.8) is 0 Å². The van der Waals surface area contributed by atoms with E-state index in [1.165, 1.54) is 18.5 Å². The lowest BCUT2D eigenvalue weighted by Crippen LogP contribution is -1.94. The highest BCUT2D eigenvalue weighted by molar-refractivity contribution is 9.10. The Morgan fingerprint density at radius 3 is 2.93 bits per heavy atom. The minimum atomic E-state index is -0.314. The van der Waals surface area contributed by atoms with Gasteiger partial charge in [-0.3, -0.25) is 9.67 Å². The van der Waals surface area contributed by atoms with Gasteiger partial charge in [-0.1, -0.05) is 0 Å². The Morgan fingerprint density at radius 1 is 1.50 bits per heavy atom. The fourth-order valence-corrected chi connectivity index (χ4v) is 1.73. The monoisotopic (exact) mass is 273 g/mol. The second-order valence-electron chi connectivity index (χ2n) is 2.63. The summed E-state index contributed by atoms with van der Waals surface area (Å²) in [6, 6.07) is 4.38. The summed E-state index contributed by atoms with van der Waals surface area (Å²) >= 11 is 8.28. The van der Waals surface area contributed by atoms with E-state index in [2.05, 4.69) is 26.1 Å². The molecule has 1 N–H and O–H groups in total. The van der Waals surface area contributed by atoms with Gasteiger partial charge < -0.3 is 0 Å². The molecule has 6 heteroatoms. The largest absolute Gasteiger partial charge is 0.273 e. The predicted octanol–water partition coefficient (Wildman–Crippen LogP) is 2.83. The number of rotatable bonds is 1. The van der Waals surface area contributed by atoms with Gasteiger partial charge in [0.2, 0.25) is 0 Å². The lowest BCUT2D eigenvalue weighted by atomic mass is 10.3. The molecule has 0 radical (unpaired) electrons. The molecule has 0 saturated carbocycles. The van der Waals surface area contributed by atoms with E-state index in [-0.39, 0.29) is 5.82 Å². The molecule has 1 aromatic carbocycles. The van der Waals surface area contributed by atoms with Crippen LogP contribution in [0.5, 0.6) is 0 Å². The Kier molecular flexibility index (Phi) is 2.47. The van der Waals surface area contributed by atoms with Crippen LogP contribution in [0.15, 0.2) is 29.0 Å². The maximum absolute atomic E-state index is 13.0. The molecule has 72 valence electrons. The van der Waals surface area contributed by atoms with Crippen molar-refractivity contribution in [2.24, 2.45) is 0 Å². The summed E-state index contributed by atoms with van der Waals surface area (Å²) < 4.78 is 15.7. The number of hydrogen-bond acceptors (Lipinski definition) is 2. The third kappa shape index (κ3) is 1.62. The lowest BCUT2D eigenvalue weighted by molar-refractivity contribution is 0.626. The average Bonchev–Trinajstić information content (AvgIpc) is 2.56. The maximum atomic E-state index is 13.0. The molecule has 0 atom stereocenters. The van der Waals surface area contributed by atoms with Gasteiger partial charge in [-0.15, -0.1) is 0 Å². The zero-order chi connectivity index (χ0) is 10.1. The van der Waals surface area contributed by atoms with E-state index >= 15 is 0 Å². The highest BCUT2D eigenvalue weighted by Gasteiger charge is 2.04.